The van der Waals surface area contributed by atoms with Crippen LogP contribution in [0.4, 0.5) is 0 Å². The third-order valence-electron chi connectivity index (χ3n) is 2.94. The molecule has 1 unspecified atom stereocenters. The van der Waals surface area contributed by atoms with Crippen LogP contribution in [-0.2, 0) is 16.0 Å². The zero-order valence-corrected chi connectivity index (χ0v) is 10.8. The smallest absolute Gasteiger partial charge is 0.232 e. The van der Waals surface area contributed by atoms with Crippen LogP contribution in [0.3, 0.4) is 0 Å². The fourth-order valence-electron chi connectivity index (χ4n) is 1.94. The maximum absolute atomic E-state index is 11.7. The van der Waals surface area contributed by atoms with Crippen molar-refractivity contribution in [3.63, 3.8) is 0 Å². The van der Waals surface area contributed by atoms with Gasteiger partial charge in [0.05, 0.1) is 16.0 Å². The minimum absolute atomic E-state index is 0.124. The lowest BCUT2D eigenvalue weighted by Gasteiger charge is -2.09. The molecule has 0 bridgehead atoms. The Morgan fingerprint density at radius 1 is 1.29 bits per heavy atom. The van der Waals surface area contributed by atoms with Crippen molar-refractivity contribution in [1.82, 2.24) is 4.90 Å². The molecule has 1 aliphatic heterocycles. The number of imide groups is 1. The van der Waals surface area contributed by atoms with E-state index < -0.39 is 0 Å². The predicted molar refractivity (Wildman–Crippen MR) is 66.1 cm³/mol. The molecule has 1 aromatic carbocycles. The molecule has 0 aliphatic carbocycles. The zero-order valence-electron chi connectivity index (χ0n) is 9.24. The summed E-state index contributed by atoms with van der Waals surface area (Å²) in [5.74, 6) is -0.522. The summed E-state index contributed by atoms with van der Waals surface area (Å²) in [6.07, 6.45) is 0.793. The molecule has 1 aromatic rings. The van der Waals surface area contributed by atoms with Gasteiger partial charge in [0.1, 0.15) is 0 Å². The molecule has 0 aromatic heterocycles. The summed E-state index contributed by atoms with van der Waals surface area (Å²) < 4.78 is 0. The Morgan fingerprint density at radius 2 is 2.00 bits per heavy atom. The summed E-state index contributed by atoms with van der Waals surface area (Å²) in [5, 5.41) is 0.954. The SMILES string of the molecule is CN1C(=O)CC(Cc2ccc(Cl)c(Cl)c2)C1=O. The molecule has 2 rings (SSSR count). The average molecular weight is 272 g/mol. The van der Waals surface area contributed by atoms with E-state index >= 15 is 0 Å². The van der Waals surface area contributed by atoms with Crippen LogP contribution in [0.1, 0.15) is 12.0 Å². The van der Waals surface area contributed by atoms with Gasteiger partial charge in [0.15, 0.2) is 0 Å². The number of hydrogen-bond donors (Lipinski definition) is 0. The lowest BCUT2D eigenvalue weighted by Crippen LogP contribution is -2.26. The molecule has 0 radical (unpaired) electrons. The number of carbonyl (C=O) groups excluding carboxylic acids is 2. The molecule has 17 heavy (non-hydrogen) atoms. The Morgan fingerprint density at radius 3 is 2.53 bits per heavy atom. The summed E-state index contributed by atoms with van der Waals surface area (Å²) in [4.78, 5) is 24.3. The predicted octanol–water partition coefficient (Wildman–Crippen LogP) is 2.54. The molecule has 0 saturated carbocycles. The second kappa shape index (κ2) is 4.67. The number of nitrogens with zero attached hydrogens (tertiary/aromatic N) is 1. The van der Waals surface area contributed by atoms with Gasteiger partial charge in [-0.25, -0.2) is 0 Å². The fraction of sp³-hybridized carbons (Fsp3) is 0.333. The standard InChI is InChI=1S/C12H11Cl2NO2/c1-15-11(16)6-8(12(15)17)4-7-2-3-9(13)10(14)5-7/h2-3,5,8H,4,6H2,1H3. The van der Waals surface area contributed by atoms with Crippen LogP contribution in [0.15, 0.2) is 18.2 Å². The number of hydrogen-bond acceptors (Lipinski definition) is 2. The van der Waals surface area contributed by atoms with Gasteiger partial charge in [-0.3, -0.25) is 14.5 Å². The molecular formula is C12H11Cl2NO2. The second-order valence-corrected chi connectivity index (χ2v) is 4.96. The van der Waals surface area contributed by atoms with Crippen molar-refractivity contribution in [3.05, 3.63) is 33.8 Å². The minimum atomic E-state index is -0.273. The van der Waals surface area contributed by atoms with Crippen molar-refractivity contribution in [2.45, 2.75) is 12.8 Å². The number of amides is 2. The van der Waals surface area contributed by atoms with Gasteiger partial charge in [-0.05, 0) is 24.1 Å². The molecule has 1 heterocycles. The van der Waals surface area contributed by atoms with Gasteiger partial charge < -0.3 is 0 Å². The van der Waals surface area contributed by atoms with Gasteiger partial charge >= 0.3 is 0 Å². The van der Waals surface area contributed by atoms with Gasteiger partial charge in [0.25, 0.3) is 0 Å². The van der Waals surface area contributed by atoms with E-state index in [9.17, 15) is 9.59 Å². The van der Waals surface area contributed by atoms with Gasteiger partial charge in [-0.2, -0.15) is 0 Å². The largest absolute Gasteiger partial charge is 0.285 e. The molecule has 1 aliphatic rings. The first kappa shape index (κ1) is 12.4. The Kier molecular flexibility index (Phi) is 3.40. The summed E-state index contributed by atoms with van der Waals surface area (Å²) >= 11 is 11.7. The fourth-order valence-corrected chi connectivity index (χ4v) is 2.26. The Labute approximate surface area is 109 Å². The van der Waals surface area contributed by atoms with Crippen LogP contribution >= 0.6 is 23.2 Å². The average Bonchev–Trinajstić information content (AvgIpc) is 2.52. The highest BCUT2D eigenvalue weighted by Crippen LogP contribution is 2.27. The van der Waals surface area contributed by atoms with Crippen LogP contribution < -0.4 is 0 Å². The highest BCUT2D eigenvalue weighted by Gasteiger charge is 2.35. The van der Waals surface area contributed by atoms with Gasteiger partial charge in [-0.15, -0.1) is 0 Å². The van der Waals surface area contributed by atoms with E-state index in [0.717, 1.165) is 5.56 Å². The van der Waals surface area contributed by atoms with E-state index in [1.807, 2.05) is 6.07 Å². The van der Waals surface area contributed by atoms with Crippen molar-refractivity contribution in [2.24, 2.45) is 5.92 Å². The summed E-state index contributed by atoms with van der Waals surface area (Å²) in [6, 6.07) is 5.26. The van der Waals surface area contributed by atoms with E-state index in [2.05, 4.69) is 0 Å². The van der Waals surface area contributed by atoms with Gasteiger partial charge in [0.2, 0.25) is 11.8 Å². The lowest BCUT2D eigenvalue weighted by atomic mass is 9.98. The van der Waals surface area contributed by atoms with Crippen LogP contribution in [0.2, 0.25) is 10.0 Å². The summed E-state index contributed by atoms with van der Waals surface area (Å²) in [6.45, 7) is 0. The van der Waals surface area contributed by atoms with E-state index in [1.54, 1.807) is 12.1 Å². The quantitative estimate of drug-likeness (QED) is 0.776. The van der Waals surface area contributed by atoms with E-state index in [0.29, 0.717) is 16.5 Å². The molecule has 2 amide bonds. The number of carbonyl (C=O) groups is 2. The molecular weight excluding hydrogens is 261 g/mol. The third kappa shape index (κ3) is 2.45. The van der Waals surface area contributed by atoms with Gasteiger partial charge in [0, 0.05) is 13.5 Å². The maximum atomic E-state index is 11.7. The van der Waals surface area contributed by atoms with E-state index in [4.69, 9.17) is 23.2 Å². The number of halogens is 2. The first-order valence-electron chi connectivity index (χ1n) is 5.23. The molecule has 1 atom stereocenters. The number of benzene rings is 1. The second-order valence-electron chi connectivity index (χ2n) is 4.14. The van der Waals surface area contributed by atoms with Crippen molar-refractivity contribution >= 4 is 35.0 Å². The van der Waals surface area contributed by atoms with Crippen LogP contribution in [-0.4, -0.2) is 23.8 Å². The van der Waals surface area contributed by atoms with Crippen molar-refractivity contribution in [3.8, 4) is 0 Å². The molecule has 1 saturated heterocycles. The minimum Gasteiger partial charge on any atom is -0.285 e. The molecule has 1 fully saturated rings. The van der Waals surface area contributed by atoms with Crippen LogP contribution in [0, 0.1) is 5.92 Å². The maximum Gasteiger partial charge on any atom is 0.232 e. The van der Waals surface area contributed by atoms with Crippen molar-refractivity contribution in [2.75, 3.05) is 7.05 Å². The molecule has 3 nitrogen and oxygen atoms in total. The Balaban J connectivity index is 2.14. The Bertz CT molecular complexity index is 487. The van der Waals surface area contributed by atoms with E-state index in [1.165, 1.54) is 11.9 Å². The molecule has 0 spiro atoms. The lowest BCUT2D eigenvalue weighted by molar-refractivity contribution is -0.137. The zero-order chi connectivity index (χ0) is 12.6. The monoisotopic (exact) mass is 271 g/mol. The van der Waals surface area contributed by atoms with E-state index in [-0.39, 0.29) is 24.2 Å². The topological polar surface area (TPSA) is 37.4 Å². The molecule has 0 N–H and O–H groups in total. The Hall–Kier alpha value is -1.06. The summed E-state index contributed by atoms with van der Waals surface area (Å²) in [7, 11) is 1.51. The third-order valence-corrected chi connectivity index (χ3v) is 3.68. The first-order chi connectivity index (χ1) is 7.99. The van der Waals surface area contributed by atoms with Crippen LogP contribution in [0.25, 0.3) is 0 Å². The normalized spacial score (nSPS) is 20.2. The first-order valence-corrected chi connectivity index (χ1v) is 5.99. The number of likely N-dealkylation sites (tertiary alicyclic amines) is 1. The van der Waals surface area contributed by atoms with Crippen molar-refractivity contribution < 1.29 is 9.59 Å². The number of rotatable bonds is 2. The highest BCUT2D eigenvalue weighted by atomic mass is 35.5. The van der Waals surface area contributed by atoms with Crippen molar-refractivity contribution in [1.29, 1.82) is 0 Å². The van der Waals surface area contributed by atoms with Gasteiger partial charge in [-0.1, -0.05) is 29.3 Å². The molecule has 5 heteroatoms. The summed E-state index contributed by atoms with van der Waals surface area (Å²) in [5.41, 5.74) is 0.917. The van der Waals surface area contributed by atoms with Crippen LogP contribution in [0.5, 0.6) is 0 Å². The molecule has 90 valence electrons. The highest BCUT2D eigenvalue weighted by molar-refractivity contribution is 6.42.